The standard InChI is InChI=1S/C29H28N2O6/c1-4-20(3)21-8-10-24(11-9-21)35-18-26-12-13-28(37-26)29(32)30-22-15-23(31(33)34)17-27(16-22)36-25-7-5-6-19(2)14-25/h5-17,20H,4,18H2,1-3H3,(H,30,32). The van der Waals surface area contributed by atoms with Crippen LogP contribution < -0.4 is 14.8 Å². The topological polar surface area (TPSA) is 104 Å². The van der Waals surface area contributed by atoms with Gasteiger partial charge in [-0.3, -0.25) is 14.9 Å². The minimum atomic E-state index is -0.550. The number of nitrogens with one attached hydrogen (secondary N) is 1. The van der Waals surface area contributed by atoms with E-state index in [1.807, 2.05) is 49.4 Å². The molecule has 1 N–H and O–H groups in total. The molecule has 0 aliphatic carbocycles. The monoisotopic (exact) mass is 500 g/mol. The fraction of sp³-hybridized carbons (Fsp3) is 0.207. The average molecular weight is 501 g/mol. The maximum absolute atomic E-state index is 12.8. The summed E-state index contributed by atoms with van der Waals surface area (Å²) >= 11 is 0. The van der Waals surface area contributed by atoms with Crippen molar-refractivity contribution in [3.8, 4) is 17.2 Å². The quantitative estimate of drug-likeness (QED) is 0.177. The van der Waals surface area contributed by atoms with Crippen LogP contribution in [-0.2, 0) is 6.61 Å². The second-order valence-corrected chi connectivity index (χ2v) is 8.78. The Bertz CT molecular complexity index is 1390. The Morgan fingerprint density at radius 2 is 1.78 bits per heavy atom. The second kappa shape index (κ2) is 11.4. The molecule has 1 aromatic heterocycles. The van der Waals surface area contributed by atoms with Gasteiger partial charge in [0.2, 0.25) is 0 Å². The summed E-state index contributed by atoms with van der Waals surface area (Å²) in [5.74, 6) is 1.91. The van der Waals surface area contributed by atoms with Gasteiger partial charge in [0.05, 0.1) is 16.7 Å². The minimum Gasteiger partial charge on any atom is -0.486 e. The fourth-order valence-corrected chi connectivity index (χ4v) is 3.69. The highest BCUT2D eigenvalue weighted by Gasteiger charge is 2.16. The number of nitro groups is 1. The molecule has 0 fully saturated rings. The molecule has 0 saturated heterocycles. The highest BCUT2D eigenvalue weighted by Crippen LogP contribution is 2.30. The van der Waals surface area contributed by atoms with E-state index in [1.54, 1.807) is 12.1 Å². The molecular formula is C29H28N2O6. The van der Waals surface area contributed by atoms with Crippen molar-refractivity contribution in [3.63, 3.8) is 0 Å². The Balaban J connectivity index is 1.42. The lowest BCUT2D eigenvalue weighted by Crippen LogP contribution is -2.11. The fourth-order valence-electron chi connectivity index (χ4n) is 3.69. The zero-order valence-electron chi connectivity index (χ0n) is 20.9. The number of non-ortho nitro benzene ring substituents is 1. The van der Waals surface area contributed by atoms with Gasteiger partial charge in [-0.1, -0.05) is 38.1 Å². The predicted molar refractivity (Wildman–Crippen MR) is 140 cm³/mol. The molecule has 190 valence electrons. The molecule has 1 atom stereocenters. The molecule has 1 unspecified atom stereocenters. The molecule has 8 heteroatoms. The zero-order valence-corrected chi connectivity index (χ0v) is 20.9. The van der Waals surface area contributed by atoms with E-state index in [2.05, 4.69) is 19.2 Å². The number of amides is 1. The SMILES string of the molecule is CCC(C)c1ccc(OCc2ccc(C(=O)Nc3cc(Oc4cccc(C)c4)cc([N+](=O)[O-])c3)o2)cc1. The summed E-state index contributed by atoms with van der Waals surface area (Å²) in [4.78, 5) is 23.7. The van der Waals surface area contributed by atoms with Crippen LogP contribution in [0.15, 0.2) is 83.3 Å². The average Bonchev–Trinajstić information content (AvgIpc) is 3.36. The first-order valence-electron chi connectivity index (χ1n) is 12.0. The van der Waals surface area contributed by atoms with Crippen LogP contribution in [0, 0.1) is 17.0 Å². The number of rotatable bonds is 10. The molecule has 1 heterocycles. The number of anilines is 1. The van der Waals surface area contributed by atoms with Gasteiger partial charge in [-0.2, -0.15) is 0 Å². The summed E-state index contributed by atoms with van der Waals surface area (Å²) in [6.07, 6.45) is 1.06. The summed E-state index contributed by atoms with van der Waals surface area (Å²) in [6.45, 7) is 6.40. The summed E-state index contributed by atoms with van der Waals surface area (Å²) in [7, 11) is 0. The van der Waals surface area contributed by atoms with Gasteiger partial charge >= 0.3 is 0 Å². The normalized spacial score (nSPS) is 11.5. The highest BCUT2D eigenvalue weighted by molar-refractivity contribution is 6.02. The van der Waals surface area contributed by atoms with Gasteiger partial charge in [-0.05, 0) is 66.8 Å². The number of hydrogen-bond donors (Lipinski definition) is 1. The third kappa shape index (κ3) is 6.76. The summed E-state index contributed by atoms with van der Waals surface area (Å²) < 4.78 is 17.2. The molecule has 3 aromatic carbocycles. The number of furan rings is 1. The molecule has 0 saturated carbocycles. The number of nitro benzene ring substituents is 1. The van der Waals surface area contributed by atoms with Crippen molar-refractivity contribution in [1.82, 2.24) is 0 Å². The lowest BCUT2D eigenvalue weighted by Gasteiger charge is -2.10. The van der Waals surface area contributed by atoms with Crippen LogP contribution in [-0.4, -0.2) is 10.8 Å². The molecular weight excluding hydrogens is 472 g/mol. The summed E-state index contributed by atoms with van der Waals surface area (Å²) in [6, 6.07) is 22.5. The molecule has 0 aliphatic rings. The number of aryl methyl sites for hydroxylation is 1. The smallest absolute Gasteiger partial charge is 0.291 e. The number of nitrogens with zero attached hydrogens (tertiary/aromatic N) is 1. The Morgan fingerprint density at radius 1 is 1.00 bits per heavy atom. The van der Waals surface area contributed by atoms with Gasteiger partial charge in [0.1, 0.15) is 29.6 Å². The first-order valence-corrected chi connectivity index (χ1v) is 12.0. The van der Waals surface area contributed by atoms with Crippen LogP contribution in [0.2, 0.25) is 0 Å². The lowest BCUT2D eigenvalue weighted by molar-refractivity contribution is -0.384. The molecule has 0 bridgehead atoms. The van der Waals surface area contributed by atoms with E-state index in [1.165, 1.54) is 29.8 Å². The van der Waals surface area contributed by atoms with Gasteiger partial charge in [0.15, 0.2) is 5.76 Å². The van der Waals surface area contributed by atoms with Crippen LogP contribution in [0.1, 0.15) is 53.6 Å². The van der Waals surface area contributed by atoms with Crippen molar-refractivity contribution in [1.29, 1.82) is 0 Å². The molecule has 4 aromatic rings. The maximum Gasteiger partial charge on any atom is 0.291 e. The van der Waals surface area contributed by atoms with E-state index in [-0.39, 0.29) is 29.5 Å². The highest BCUT2D eigenvalue weighted by atomic mass is 16.6. The van der Waals surface area contributed by atoms with Gasteiger partial charge in [-0.15, -0.1) is 0 Å². The number of carbonyl (C=O) groups excluding carboxylic acids is 1. The minimum absolute atomic E-state index is 0.0541. The van der Waals surface area contributed by atoms with Crippen LogP contribution in [0.25, 0.3) is 0 Å². The van der Waals surface area contributed by atoms with Crippen molar-refractivity contribution >= 4 is 17.3 Å². The van der Waals surface area contributed by atoms with E-state index >= 15 is 0 Å². The van der Waals surface area contributed by atoms with E-state index in [0.29, 0.717) is 23.2 Å². The van der Waals surface area contributed by atoms with Crippen LogP contribution in [0.5, 0.6) is 17.2 Å². The molecule has 0 spiro atoms. The van der Waals surface area contributed by atoms with Crippen molar-refractivity contribution in [2.75, 3.05) is 5.32 Å². The van der Waals surface area contributed by atoms with Crippen LogP contribution in [0.4, 0.5) is 11.4 Å². The number of benzene rings is 3. The predicted octanol–water partition coefficient (Wildman–Crippen LogP) is 7.63. The van der Waals surface area contributed by atoms with Crippen molar-refractivity contribution in [2.24, 2.45) is 0 Å². The number of carbonyl (C=O) groups is 1. The molecule has 1 amide bonds. The third-order valence-electron chi connectivity index (χ3n) is 5.91. The first kappa shape index (κ1) is 25.5. The molecule has 4 rings (SSSR count). The van der Waals surface area contributed by atoms with E-state index < -0.39 is 10.8 Å². The van der Waals surface area contributed by atoms with Gasteiger partial charge in [0, 0.05) is 12.1 Å². The largest absolute Gasteiger partial charge is 0.486 e. The van der Waals surface area contributed by atoms with Crippen molar-refractivity contribution in [2.45, 2.75) is 39.7 Å². The zero-order chi connectivity index (χ0) is 26.4. The Kier molecular flexibility index (Phi) is 7.88. The van der Waals surface area contributed by atoms with E-state index in [0.717, 1.165) is 12.0 Å². The number of ether oxygens (including phenoxy) is 2. The van der Waals surface area contributed by atoms with Crippen LogP contribution in [0.3, 0.4) is 0 Å². The Labute approximate surface area is 215 Å². The Hall–Kier alpha value is -4.59. The van der Waals surface area contributed by atoms with Gasteiger partial charge in [-0.25, -0.2) is 0 Å². The van der Waals surface area contributed by atoms with E-state index in [4.69, 9.17) is 13.9 Å². The maximum atomic E-state index is 12.8. The molecule has 37 heavy (non-hydrogen) atoms. The van der Waals surface area contributed by atoms with E-state index in [9.17, 15) is 14.9 Å². The van der Waals surface area contributed by atoms with Crippen molar-refractivity contribution in [3.05, 3.63) is 112 Å². The number of hydrogen-bond acceptors (Lipinski definition) is 6. The van der Waals surface area contributed by atoms with Crippen molar-refractivity contribution < 1.29 is 23.6 Å². The molecule has 8 nitrogen and oxygen atoms in total. The van der Waals surface area contributed by atoms with Gasteiger partial charge in [0.25, 0.3) is 11.6 Å². The van der Waals surface area contributed by atoms with Gasteiger partial charge < -0.3 is 19.2 Å². The first-order chi connectivity index (χ1) is 17.8. The summed E-state index contributed by atoms with van der Waals surface area (Å²) in [5, 5.41) is 14.1. The lowest BCUT2D eigenvalue weighted by atomic mass is 9.99. The summed E-state index contributed by atoms with van der Waals surface area (Å²) in [5.41, 5.74) is 2.23. The Morgan fingerprint density at radius 3 is 2.49 bits per heavy atom. The second-order valence-electron chi connectivity index (χ2n) is 8.78. The third-order valence-corrected chi connectivity index (χ3v) is 5.91. The molecule has 0 aliphatic heterocycles. The molecule has 0 radical (unpaired) electrons. The van der Waals surface area contributed by atoms with Crippen LogP contribution >= 0.6 is 0 Å².